The smallest absolute Gasteiger partial charge is 0.127 e. The normalized spacial score (nSPS) is 20.4. The van der Waals surface area contributed by atoms with Gasteiger partial charge in [0.25, 0.3) is 0 Å². The van der Waals surface area contributed by atoms with E-state index in [9.17, 15) is 4.39 Å². The van der Waals surface area contributed by atoms with Crippen molar-refractivity contribution < 1.29 is 9.13 Å². The van der Waals surface area contributed by atoms with Gasteiger partial charge in [-0.3, -0.25) is 0 Å². The maximum absolute atomic E-state index is 13.8. The van der Waals surface area contributed by atoms with Crippen molar-refractivity contribution in [2.75, 3.05) is 33.4 Å². The van der Waals surface area contributed by atoms with Crippen LogP contribution in [-0.4, -0.2) is 38.3 Å². The topological polar surface area (TPSA) is 38.5 Å². The standard InChI is InChI=1S/C17H27FN2O/c1-13(17(19)15-5-3-4-6-16(15)18)11-20-9-7-14(8-10-20)12-21-2/h3-6,13-14,17H,7-12,19H2,1-2H3. The van der Waals surface area contributed by atoms with Crippen molar-refractivity contribution in [1.82, 2.24) is 4.90 Å². The molecule has 1 fully saturated rings. The molecular formula is C17H27FN2O. The van der Waals surface area contributed by atoms with Crippen molar-refractivity contribution in [1.29, 1.82) is 0 Å². The summed E-state index contributed by atoms with van der Waals surface area (Å²) in [6, 6.07) is 6.58. The third kappa shape index (κ3) is 4.50. The van der Waals surface area contributed by atoms with Crippen molar-refractivity contribution >= 4 is 0 Å². The van der Waals surface area contributed by atoms with E-state index in [1.807, 2.05) is 6.07 Å². The van der Waals surface area contributed by atoms with Crippen LogP contribution in [0.1, 0.15) is 31.4 Å². The number of methoxy groups -OCH3 is 1. The van der Waals surface area contributed by atoms with Gasteiger partial charge in [0.1, 0.15) is 5.82 Å². The summed E-state index contributed by atoms with van der Waals surface area (Å²) in [4.78, 5) is 2.44. The summed E-state index contributed by atoms with van der Waals surface area (Å²) in [5, 5.41) is 0. The first kappa shape index (κ1) is 16.4. The van der Waals surface area contributed by atoms with E-state index >= 15 is 0 Å². The van der Waals surface area contributed by atoms with E-state index in [2.05, 4.69) is 11.8 Å². The Morgan fingerprint density at radius 3 is 2.62 bits per heavy atom. The van der Waals surface area contributed by atoms with Crippen LogP contribution in [0, 0.1) is 17.7 Å². The number of hydrogen-bond acceptors (Lipinski definition) is 3. The van der Waals surface area contributed by atoms with Crippen LogP contribution >= 0.6 is 0 Å². The Kier molecular flexibility index (Phi) is 6.15. The molecule has 1 aliphatic heterocycles. The number of nitrogens with two attached hydrogens (primary N) is 1. The number of benzene rings is 1. The van der Waals surface area contributed by atoms with Crippen LogP contribution in [-0.2, 0) is 4.74 Å². The minimum absolute atomic E-state index is 0.198. The lowest BCUT2D eigenvalue weighted by molar-refractivity contribution is 0.0915. The molecule has 2 N–H and O–H groups in total. The Hall–Kier alpha value is -0.970. The number of nitrogens with zero attached hydrogens (tertiary/aromatic N) is 1. The minimum Gasteiger partial charge on any atom is -0.384 e. The molecule has 2 rings (SSSR count). The van der Waals surface area contributed by atoms with Crippen LogP contribution in [0.25, 0.3) is 0 Å². The summed E-state index contributed by atoms with van der Waals surface area (Å²) in [6.45, 7) is 6.07. The molecule has 118 valence electrons. The van der Waals surface area contributed by atoms with E-state index in [0.717, 1.165) is 26.2 Å². The fourth-order valence-electron chi connectivity index (χ4n) is 3.14. The van der Waals surface area contributed by atoms with E-state index in [1.54, 1.807) is 19.2 Å². The first-order chi connectivity index (χ1) is 10.1. The van der Waals surface area contributed by atoms with Crippen molar-refractivity contribution in [2.45, 2.75) is 25.8 Å². The molecule has 0 saturated carbocycles. The van der Waals surface area contributed by atoms with Crippen molar-refractivity contribution in [3.8, 4) is 0 Å². The van der Waals surface area contributed by atoms with E-state index in [4.69, 9.17) is 10.5 Å². The van der Waals surface area contributed by atoms with Gasteiger partial charge in [0.2, 0.25) is 0 Å². The van der Waals surface area contributed by atoms with E-state index in [1.165, 1.54) is 18.9 Å². The summed E-state index contributed by atoms with van der Waals surface area (Å²) in [5.41, 5.74) is 6.87. The second-order valence-corrected chi connectivity index (χ2v) is 6.22. The van der Waals surface area contributed by atoms with Crippen molar-refractivity contribution in [3.05, 3.63) is 35.6 Å². The molecule has 0 radical (unpaired) electrons. The van der Waals surface area contributed by atoms with Crippen LogP contribution < -0.4 is 5.73 Å². The van der Waals surface area contributed by atoms with E-state index in [-0.39, 0.29) is 17.8 Å². The highest BCUT2D eigenvalue weighted by molar-refractivity contribution is 5.21. The van der Waals surface area contributed by atoms with Crippen LogP contribution in [0.3, 0.4) is 0 Å². The third-order valence-electron chi connectivity index (χ3n) is 4.53. The summed E-state index contributed by atoms with van der Waals surface area (Å²) in [7, 11) is 1.77. The van der Waals surface area contributed by atoms with Crippen LogP contribution in [0.5, 0.6) is 0 Å². The SMILES string of the molecule is COCC1CCN(CC(C)C(N)c2ccccc2F)CC1. The molecule has 1 aliphatic rings. The van der Waals surface area contributed by atoms with Crippen LogP contribution in [0.2, 0.25) is 0 Å². The van der Waals surface area contributed by atoms with Gasteiger partial charge in [-0.1, -0.05) is 25.1 Å². The molecule has 3 nitrogen and oxygen atoms in total. The van der Waals surface area contributed by atoms with Gasteiger partial charge in [-0.05, 0) is 43.8 Å². The van der Waals surface area contributed by atoms with Crippen molar-refractivity contribution in [3.63, 3.8) is 0 Å². The third-order valence-corrected chi connectivity index (χ3v) is 4.53. The minimum atomic E-state index is -0.247. The van der Waals surface area contributed by atoms with E-state index < -0.39 is 0 Å². The van der Waals surface area contributed by atoms with Gasteiger partial charge < -0.3 is 15.4 Å². The number of likely N-dealkylation sites (tertiary alicyclic amines) is 1. The molecule has 4 heteroatoms. The second kappa shape index (κ2) is 7.87. The Morgan fingerprint density at radius 2 is 2.00 bits per heavy atom. The predicted octanol–water partition coefficient (Wildman–Crippen LogP) is 2.82. The zero-order chi connectivity index (χ0) is 15.2. The Balaban J connectivity index is 1.85. The Morgan fingerprint density at radius 1 is 1.33 bits per heavy atom. The zero-order valence-electron chi connectivity index (χ0n) is 13.1. The van der Waals surface area contributed by atoms with Gasteiger partial charge in [0.05, 0.1) is 0 Å². The highest BCUT2D eigenvalue weighted by atomic mass is 19.1. The lowest BCUT2D eigenvalue weighted by Crippen LogP contribution is -2.39. The van der Waals surface area contributed by atoms with Crippen LogP contribution in [0.4, 0.5) is 4.39 Å². The molecule has 0 spiro atoms. The summed E-state index contributed by atoms with van der Waals surface area (Å²) in [6.07, 6.45) is 2.35. The second-order valence-electron chi connectivity index (χ2n) is 6.22. The zero-order valence-corrected chi connectivity index (χ0v) is 13.1. The Labute approximate surface area is 127 Å². The van der Waals surface area contributed by atoms with Gasteiger partial charge in [0.15, 0.2) is 0 Å². The summed E-state index contributed by atoms with van der Waals surface area (Å²) >= 11 is 0. The molecule has 0 aliphatic carbocycles. The highest BCUT2D eigenvalue weighted by Gasteiger charge is 2.24. The lowest BCUT2D eigenvalue weighted by Gasteiger charge is -2.34. The average Bonchev–Trinajstić information content (AvgIpc) is 2.49. The van der Waals surface area contributed by atoms with Crippen LogP contribution in [0.15, 0.2) is 24.3 Å². The molecular weight excluding hydrogens is 267 g/mol. The predicted molar refractivity (Wildman–Crippen MR) is 83.5 cm³/mol. The number of hydrogen-bond donors (Lipinski definition) is 1. The fourth-order valence-corrected chi connectivity index (χ4v) is 3.14. The number of rotatable bonds is 6. The quantitative estimate of drug-likeness (QED) is 0.877. The molecule has 0 amide bonds. The van der Waals surface area contributed by atoms with Gasteiger partial charge >= 0.3 is 0 Å². The number of halogens is 1. The molecule has 0 bridgehead atoms. The first-order valence-corrected chi connectivity index (χ1v) is 7.83. The van der Waals surface area contributed by atoms with E-state index in [0.29, 0.717) is 11.5 Å². The molecule has 2 unspecified atom stereocenters. The number of ether oxygens (including phenoxy) is 1. The molecule has 21 heavy (non-hydrogen) atoms. The largest absolute Gasteiger partial charge is 0.384 e. The molecule has 1 saturated heterocycles. The molecule has 1 heterocycles. The van der Waals surface area contributed by atoms with Gasteiger partial charge in [-0.2, -0.15) is 0 Å². The maximum Gasteiger partial charge on any atom is 0.127 e. The summed E-state index contributed by atoms with van der Waals surface area (Å²) in [5.74, 6) is 0.721. The lowest BCUT2D eigenvalue weighted by atomic mass is 9.92. The molecule has 1 aromatic carbocycles. The fraction of sp³-hybridized carbons (Fsp3) is 0.647. The van der Waals surface area contributed by atoms with Gasteiger partial charge in [-0.15, -0.1) is 0 Å². The monoisotopic (exact) mass is 294 g/mol. The first-order valence-electron chi connectivity index (χ1n) is 7.83. The highest BCUT2D eigenvalue weighted by Crippen LogP contribution is 2.25. The maximum atomic E-state index is 13.8. The molecule has 0 aromatic heterocycles. The molecule has 2 atom stereocenters. The summed E-state index contributed by atoms with van der Waals surface area (Å²) < 4.78 is 19.0. The Bertz CT molecular complexity index is 433. The van der Waals surface area contributed by atoms with Gasteiger partial charge in [-0.25, -0.2) is 4.39 Å². The molecule has 1 aromatic rings. The van der Waals surface area contributed by atoms with Gasteiger partial charge in [0, 0.05) is 31.9 Å². The van der Waals surface area contributed by atoms with Crippen molar-refractivity contribution in [2.24, 2.45) is 17.6 Å². The number of piperidine rings is 1. The average molecular weight is 294 g/mol.